The lowest BCUT2D eigenvalue weighted by molar-refractivity contribution is 0.476. The maximum atomic E-state index is 9.29. The van der Waals surface area contributed by atoms with Crippen molar-refractivity contribution in [1.29, 1.82) is 0 Å². The first-order valence-corrected chi connectivity index (χ1v) is 5.06. The fourth-order valence-electron chi connectivity index (χ4n) is 1.43. The summed E-state index contributed by atoms with van der Waals surface area (Å²) in [4.78, 5) is 7.55. The number of nitrogens with zero attached hydrogens (tertiary/aromatic N) is 1. The number of phenols is 1. The van der Waals surface area contributed by atoms with Crippen LogP contribution in [0.3, 0.4) is 0 Å². The summed E-state index contributed by atoms with van der Waals surface area (Å²) >= 11 is 0. The van der Waals surface area contributed by atoms with Crippen LogP contribution in [-0.4, -0.2) is 21.1 Å². The lowest BCUT2D eigenvalue weighted by Gasteiger charge is -2.04. The first kappa shape index (κ1) is 9.98. The van der Waals surface area contributed by atoms with E-state index in [0.717, 1.165) is 16.9 Å². The number of hydrogen-bond donors (Lipinski definition) is 3. The lowest BCUT2D eigenvalue weighted by Crippen LogP contribution is -2.22. The molecule has 0 aliphatic rings. The number of hydrogen-bond acceptors (Lipinski definition) is 3. The molecule has 15 heavy (non-hydrogen) atoms. The molecule has 3 N–H and O–H groups in total. The zero-order chi connectivity index (χ0) is 10.8. The van der Waals surface area contributed by atoms with Crippen LogP contribution >= 0.6 is 0 Å². The van der Waals surface area contributed by atoms with Crippen molar-refractivity contribution in [3.8, 4) is 5.75 Å². The van der Waals surface area contributed by atoms with Crippen molar-refractivity contribution in [2.24, 2.45) is 0 Å². The Bertz CT molecular complexity index is 462. The maximum absolute atomic E-state index is 9.29. The number of aromatic hydroxyl groups is 1. The number of rotatable bonds is 3. The summed E-state index contributed by atoms with van der Waals surface area (Å²) in [6, 6.07) is 5.57. The highest BCUT2D eigenvalue weighted by Gasteiger charge is 2.03. The summed E-state index contributed by atoms with van der Waals surface area (Å²) in [5, 5.41) is 12.6. The molecule has 1 heterocycles. The highest BCUT2D eigenvalue weighted by atomic mass is 16.3. The molecule has 0 fully saturated rings. The molecule has 2 aromatic rings. The summed E-state index contributed by atoms with van der Waals surface area (Å²) in [5.74, 6) is 1.15. The predicted octanol–water partition coefficient (Wildman–Crippen LogP) is 1.77. The second kappa shape index (κ2) is 3.90. The lowest BCUT2D eigenvalue weighted by atomic mass is 10.3. The zero-order valence-corrected chi connectivity index (χ0v) is 8.91. The third-order valence-corrected chi connectivity index (χ3v) is 2.19. The van der Waals surface area contributed by atoms with E-state index in [0.29, 0.717) is 12.6 Å². The maximum Gasteiger partial charge on any atom is 0.121 e. The smallest absolute Gasteiger partial charge is 0.121 e. The largest absolute Gasteiger partial charge is 0.508 e. The first-order chi connectivity index (χ1) is 7.15. The van der Waals surface area contributed by atoms with Gasteiger partial charge in [-0.3, -0.25) is 0 Å². The van der Waals surface area contributed by atoms with Crippen molar-refractivity contribution in [2.45, 2.75) is 26.4 Å². The van der Waals surface area contributed by atoms with Gasteiger partial charge in [-0.1, -0.05) is 13.8 Å². The molecule has 4 nitrogen and oxygen atoms in total. The van der Waals surface area contributed by atoms with Gasteiger partial charge in [0.15, 0.2) is 0 Å². The van der Waals surface area contributed by atoms with Gasteiger partial charge in [0.1, 0.15) is 11.6 Å². The molecule has 0 spiro atoms. The Morgan fingerprint density at radius 1 is 1.47 bits per heavy atom. The highest BCUT2D eigenvalue weighted by molar-refractivity contribution is 5.76. The van der Waals surface area contributed by atoms with Crippen LogP contribution < -0.4 is 5.32 Å². The van der Waals surface area contributed by atoms with Crippen molar-refractivity contribution in [1.82, 2.24) is 15.3 Å². The number of fused-ring (bicyclic) bond motifs is 1. The van der Waals surface area contributed by atoms with Gasteiger partial charge in [-0.15, -0.1) is 0 Å². The normalized spacial score (nSPS) is 11.4. The van der Waals surface area contributed by atoms with Crippen molar-refractivity contribution < 1.29 is 5.11 Å². The molecule has 0 saturated carbocycles. The van der Waals surface area contributed by atoms with E-state index < -0.39 is 0 Å². The van der Waals surface area contributed by atoms with E-state index in [4.69, 9.17) is 0 Å². The van der Waals surface area contributed by atoms with Gasteiger partial charge in [0, 0.05) is 12.1 Å². The van der Waals surface area contributed by atoms with Crippen molar-refractivity contribution in [2.75, 3.05) is 0 Å². The molecule has 0 amide bonds. The standard InChI is InChI=1S/C11H15N3O/c1-7(2)12-6-11-13-9-4-3-8(15)5-10(9)14-11/h3-5,7,12,15H,6H2,1-2H3,(H,13,14). The Kier molecular flexibility index (Phi) is 2.60. The molecule has 1 aromatic carbocycles. The number of benzene rings is 1. The van der Waals surface area contributed by atoms with Gasteiger partial charge in [0.2, 0.25) is 0 Å². The van der Waals surface area contributed by atoms with E-state index in [2.05, 4.69) is 29.1 Å². The molecule has 4 heteroatoms. The number of H-pyrrole nitrogens is 1. The van der Waals surface area contributed by atoms with Crippen LogP contribution in [0.1, 0.15) is 19.7 Å². The zero-order valence-electron chi connectivity index (χ0n) is 8.91. The summed E-state index contributed by atoms with van der Waals surface area (Å²) in [5.41, 5.74) is 1.75. The average Bonchev–Trinajstić information content (AvgIpc) is 2.56. The number of phenolic OH excluding ortho intramolecular Hbond substituents is 1. The molecule has 0 unspecified atom stereocenters. The second-order valence-corrected chi connectivity index (χ2v) is 3.92. The van der Waals surface area contributed by atoms with E-state index in [1.54, 1.807) is 18.2 Å². The molecule has 0 aliphatic heterocycles. The van der Waals surface area contributed by atoms with E-state index in [9.17, 15) is 5.11 Å². The van der Waals surface area contributed by atoms with Gasteiger partial charge < -0.3 is 15.4 Å². The Morgan fingerprint density at radius 3 is 3.00 bits per heavy atom. The molecule has 0 saturated heterocycles. The Morgan fingerprint density at radius 2 is 2.27 bits per heavy atom. The fraction of sp³-hybridized carbons (Fsp3) is 0.364. The topological polar surface area (TPSA) is 60.9 Å². The van der Waals surface area contributed by atoms with Gasteiger partial charge in [0.05, 0.1) is 17.6 Å². The van der Waals surface area contributed by atoms with Gasteiger partial charge in [-0.05, 0) is 12.1 Å². The van der Waals surface area contributed by atoms with E-state index in [-0.39, 0.29) is 5.75 Å². The molecule has 0 bridgehead atoms. The molecular formula is C11H15N3O. The van der Waals surface area contributed by atoms with Crippen molar-refractivity contribution in [3.05, 3.63) is 24.0 Å². The molecule has 0 radical (unpaired) electrons. The minimum Gasteiger partial charge on any atom is -0.508 e. The Labute approximate surface area is 88.3 Å². The quantitative estimate of drug-likeness (QED) is 0.715. The molecule has 2 rings (SSSR count). The van der Waals surface area contributed by atoms with Gasteiger partial charge in [0.25, 0.3) is 0 Å². The number of aromatic amines is 1. The Balaban J connectivity index is 2.23. The third-order valence-electron chi connectivity index (χ3n) is 2.19. The highest BCUT2D eigenvalue weighted by Crippen LogP contribution is 2.17. The van der Waals surface area contributed by atoms with Crippen LogP contribution in [0.2, 0.25) is 0 Å². The van der Waals surface area contributed by atoms with E-state index >= 15 is 0 Å². The first-order valence-electron chi connectivity index (χ1n) is 5.06. The second-order valence-electron chi connectivity index (χ2n) is 3.92. The summed E-state index contributed by atoms with van der Waals surface area (Å²) < 4.78 is 0. The molecule has 80 valence electrons. The fourth-order valence-corrected chi connectivity index (χ4v) is 1.43. The van der Waals surface area contributed by atoms with Crippen LogP contribution in [0.5, 0.6) is 5.75 Å². The van der Waals surface area contributed by atoms with Crippen LogP contribution in [-0.2, 0) is 6.54 Å². The van der Waals surface area contributed by atoms with Crippen LogP contribution in [0.15, 0.2) is 18.2 Å². The SMILES string of the molecule is CC(C)NCc1nc2ccc(O)cc2[nH]1. The van der Waals surface area contributed by atoms with Gasteiger partial charge >= 0.3 is 0 Å². The van der Waals surface area contributed by atoms with Crippen molar-refractivity contribution in [3.63, 3.8) is 0 Å². The molecule has 0 atom stereocenters. The number of nitrogens with one attached hydrogen (secondary N) is 2. The Hall–Kier alpha value is -1.55. The average molecular weight is 205 g/mol. The predicted molar refractivity (Wildman–Crippen MR) is 59.7 cm³/mol. The van der Waals surface area contributed by atoms with Crippen LogP contribution in [0, 0.1) is 0 Å². The van der Waals surface area contributed by atoms with Crippen LogP contribution in [0.25, 0.3) is 11.0 Å². The molecular weight excluding hydrogens is 190 g/mol. The van der Waals surface area contributed by atoms with E-state index in [1.165, 1.54) is 0 Å². The molecule has 0 aliphatic carbocycles. The van der Waals surface area contributed by atoms with Crippen molar-refractivity contribution >= 4 is 11.0 Å². The van der Waals surface area contributed by atoms with Gasteiger partial charge in [-0.25, -0.2) is 4.98 Å². The minimum atomic E-state index is 0.259. The minimum absolute atomic E-state index is 0.259. The summed E-state index contributed by atoms with van der Waals surface area (Å²) in [7, 11) is 0. The monoisotopic (exact) mass is 205 g/mol. The van der Waals surface area contributed by atoms with Crippen LogP contribution in [0.4, 0.5) is 0 Å². The van der Waals surface area contributed by atoms with E-state index in [1.807, 2.05) is 0 Å². The number of imidazole rings is 1. The van der Waals surface area contributed by atoms with Gasteiger partial charge in [-0.2, -0.15) is 0 Å². The summed E-state index contributed by atoms with van der Waals surface area (Å²) in [6.07, 6.45) is 0. The molecule has 1 aromatic heterocycles. The number of aromatic nitrogens is 2. The summed E-state index contributed by atoms with van der Waals surface area (Å²) in [6.45, 7) is 4.90. The third kappa shape index (κ3) is 2.27.